The number of carbonyl (C=O) groups is 1. The van der Waals surface area contributed by atoms with Gasteiger partial charge in [0.15, 0.2) is 5.76 Å². The van der Waals surface area contributed by atoms with E-state index in [2.05, 4.69) is 9.73 Å². The van der Waals surface area contributed by atoms with Crippen molar-refractivity contribution in [1.29, 1.82) is 0 Å². The molecule has 0 saturated carbocycles. The lowest BCUT2D eigenvalue weighted by atomic mass is 10.1. The highest BCUT2D eigenvalue weighted by Gasteiger charge is 2.27. The van der Waals surface area contributed by atoms with Crippen molar-refractivity contribution in [1.82, 2.24) is 0 Å². The predicted molar refractivity (Wildman–Crippen MR) is 75.8 cm³/mol. The molecule has 0 amide bonds. The molecule has 0 atom stereocenters. The van der Waals surface area contributed by atoms with Crippen molar-refractivity contribution < 1.29 is 19.4 Å². The highest BCUT2D eigenvalue weighted by Crippen LogP contribution is 2.26. The highest BCUT2D eigenvalue weighted by molar-refractivity contribution is 6.21. The van der Waals surface area contributed by atoms with Crippen LogP contribution in [0.2, 0.25) is 0 Å². The first-order chi connectivity index (χ1) is 9.56. The Hall–Kier alpha value is -2.56. The van der Waals surface area contributed by atoms with E-state index in [-0.39, 0.29) is 11.3 Å². The third kappa shape index (κ3) is 2.56. The van der Waals surface area contributed by atoms with Gasteiger partial charge in [-0.3, -0.25) is 0 Å². The summed E-state index contributed by atoms with van der Waals surface area (Å²) in [6, 6.07) is 7.28. The lowest BCUT2D eigenvalue weighted by molar-refractivity contribution is -0.135. The molecule has 5 nitrogen and oxygen atoms in total. The second kappa shape index (κ2) is 5.61. The van der Waals surface area contributed by atoms with E-state index in [0.29, 0.717) is 11.4 Å². The third-order valence-electron chi connectivity index (χ3n) is 2.94. The number of aliphatic hydroxyl groups excluding tert-OH is 1. The van der Waals surface area contributed by atoms with Crippen molar-refractivity contribution in [2.75, 3.05) is 14.2 Å². The molecule has 5 heteroatoms. The molecule has 0 fully saturated rings. The largest absolute Gasteiger partial charge is 0.505 e. The Labute approximate surface area is 116 Å². The van der Waals surface area contributed by atoms with Crippen LogP contribution < -0.4 is 4.74 Å². The molecule has 2 rings (SSSR count). The standard InChI is InChI=1S/C15H15NO4/c1-9-13(15(18)20-3)14(17)12(16-9)8-10-4-6-11(19-2)7-5-10/h4-8,17H,1-3H3. The number of aliphatic hydroxyl groups is 1. The normalized spacial score (nSPS) is 16.4. The maximum atomic E-state index is 11.6. The minimum atomic E-state index is -0.595. The van der Waals surface area contributed by atoms with Crippen LogP contribution in [0.15, 0.2) is 46.3 Å². The van der Waals surface area contributed by atoms with Crippen LogP contribution in [-0.4, -0.2) is 31.0 Å². The number of rotatable bonds is 3. The number of benzene rings is 1. The van der Waals surface area contributed by atoms with E-state index < -0.39 is 5.97 Å². The van der Waals surface area contributed by atoms with Gasteiger partial charge in [0.2, 0.25) is 0 Å². The second-order valence-electron chi connectivity index (χ2n) is 4.22. The minimum absolute atomic E-state index is 0.104. The van der Waals surface area contributed by atoms with Crippen molar-refractivity contribution in [3.63, 3.8) is 0 Å². The Kier molecular flexibility index (Phi) is 3.89. The first kappa shape index (κ1) is 13.9. The number of nitrogens with zero attached hydrogens (tertiary/aromatic N) is 1. The average molecular weight is 273 g/mol. The molecule has 0 aliphatic carbocycles. The van der Waals surface area contributed by atoms with Crippen molar-refractivity contribution in [3.05, 3.63) is 46.9 Å². The maximum absolute atomic E-state index is 11.6. The summed E-state index contributed by atoms with van der Waals surface area (Å²) >= 11 is 0. The fraction of sp³-hybridized carbons (Fsp3) is 0.200. The molecule has 0 saturated heterocycles. The SMILES string of the molecule is COC(=O)C1=C(O)C(=Cc2ccc(OC)cc2)N=C1C. The molecule has 0 radical (unpaired) electrons. The van der Waals surface area contributed by atoms with Crippen LogP contribution >= 0.6 is 0 Å². The molecule has 104 valence electrons. The molecule has 1 N–H and O–H groups in total. The van der Waals surface area contributed by atoms with Gasteiger partial charge in [-0.05, 0) is 30.7 Å². The lowest BCUT2D eigenvalue weighted by Crippen LogP contribution is -2.11. The van der Waals surface area contributed by atoms with Gasteiger partial charge in [-0.2, -0.15) is 0 Å². The van der Waals surface area contributed by atoms with E-state index in [1.807, 2.05) is 12.1 Å². The van der Waals surface area contributed by atoms with E-state index in [1.54, 1.807) is 32.2 Å². The van der Waals surface area contributed by atoms with Gasteiger partial charge in [0, 0.05) is 0 Å². The molecule has 0 spiro atoms. The van der Waals surface area contributed by atoms with Gasteiger partial charge in [-0.1, -0.05) is 12.1 Å². The number of ether oxygens (including phenoxy) is 2. The first-order valence-corrected chi connectivity index (χ1v) is 6.00. The number of hydrogen-bond donors (Lipinski definition) is 1. The van der Waals surface area contributed by atoms with E-state index in [0.717, 1.165) is 11.3 Å². The van der Waals surface area contributed by atoms with Crippen molar-refractivity contribution in [2.45, 2.75) is 6.92 Å². The van der Waals surface area contributed by atoms with E-state index in [1.165, 1.54) is 7.11 Å². The summed E-state index contributed by atoms with van der Waals surface area (Å²) in [6.45, 7) is 1.65. The highest BCUT2D eigenvalue weighted by atomic mass is 16.5. The van der Waals surface area contributed by atoms with Crippen LogP contribution in [-0.2, 0) is 9.53 Å². The molecule has 1 aromatic rings. The second-order valence-corrected chi connectivity index (χ2v) is 4.22. The van der Waals surface area contributed by atoms with Gasteiger partial charge in [0.05, 0.1) is 19.9 Å². The Morgan fingerprint density at radius 3 is 2.45 bits per heavy atom. The zero-order valence-electron chi connectivity index (χ0n) is 11.5. The van der Waals surface area contributed by atoms with Crippen LogP contribution in [0.3, 0.4) is 0 Å². The van der Waals surface area contributed by atoms with Crippen LogP contribution in [0.1, 0.15) is 12.5 Å². The Morgan fingerprint density at radius 1 is 1.25 bits per heavy atom. The van der Waals surface area contributed by atoms with Crippen LogP contribution in [0.25, 0.3) is 6.08 Å². The number of aliphatic imine (C=N–C) groups is 1. The zero-order valence-corrected chi connectivity index (χ0v) is 11.5. The van der Waals surface area contributed by atoms with E-state index in [4.69, 9.17) is 4.74 Å². The minimum Gasteiger partial charge on any atom is -0.505 e. The molecule has 0 unspecified atom stereocenters. The quantitative estimate of drug-likeness (QED) is 0.859. The maximum Gasteiger partial charge on any atom is 0.343 e. The summed E-state index contributed by atoms with van der Waals surface area (Å²) in [4.78, 5) is 15.7. The number of methoxy groups -OCH3 is 2. The predicted octanol–water partition coefficient (Wildman–Crippen LogP) is 2.50. The van der Waals surface area contributed by atoms with Gasteiger partial charge in [-0.15, -0.1) is 0 Å². The molecule has 1 aliphatic rings. The van der Waals surface area contributed by atoms with Gasteiger partial charge in [-0.25, -0.2) is 9.79 Å². The fourth-order valence-electron chi connectivity index (χ4n) is 1.89. The molecular weight excluding hydrogens is 258 g/mol. The fourth-order valence-corrected chi connectivity index (χ4v) is 1.89. The number of hydrogen-bond acceptors (Lipinski definition) is 5. The molecule has 0 aromatic heterocycles. The van der Waals surface area contributed by atoms with Gasteiger partial charge in [0.1, 0.15) is 17.0 Å². The van der Waals surface area contributed by atoms with Gasteiger partial charge in [0.25, 0.3) is 0 Å². The molecular formula is C15H15NO4. The van der Waals surface area contributed by atoms with Crippen molar-refractivity contribution in [3.8, 4) is 5.75 Å². The van der Waals surface area contributed by atoms with Gasteiger partial charge >= 0.3 is 5.97 Å². The first-order valence-electron chi connectivity index (χ1n) is 6.00. The lowest BCUT2D eigenvalue weighted by Gasteiger charge is -2.01. The summed E-state index contributed by atoms with van der Waals surface area (Å²) in [7, 11) is 2.86. The Balaban J connectivity index is 2.36. The van der Waals surface area contributed by atoms with E-state index in [9.17, 15) is 9.90 Å². The summed E-state index contributed by atoms with van der Waals surface area (Å²) < 4.78 is 9.69. The van der Waals surface area contributed by atoms with E-state index >= 15 is 0 Å². The Morgan fingerprint density at radius 2 is 1.90 bits per heavy atom. The van der Waals surface area contributed by atoms with Crippen LogP contribution in [0.4, 0.5) is 0 Å². The zero-order chi connectivity index (χ0) is 14.7. The molecule has 1 aromatic carbocycles. The van der Waals surface area contributed by atoms with Crippen LogP contribution in [0.5, 0.6) is 5.75 Å². The number of esters is 1. The van der Waals surface area contributed by atoms with Crippen LogP contribution in [0, 0.1) is 0 Å². The summed E-state index contributed by atoms with van der Waals surface area (Å²) in [5, 5.41) is 10.1. The topological polar surface area (TPSA) is 68.1 Å². The summed E-state index contributed by atoms with van der Waals surface area (Å²) in [5.74, 6) is -0.0136. The molecule has 1 aliphatic heterocycles. The van der Waals surface area contributed by atoms with Gasteiger partial charge < -0.3 is 14.6 Å². The summed E-state index contributed by atoms with van der Waals surface area (Å²) in [6.07, 6.45) is 1.69. The third-order valence-corrected chi connectivity index (χ3v) is 2.94. The average Bonchev–Trinajstić information content (AvgIpc) is 2.73. The monoisotopic (exact) mass is 273 g/mol. The Bertz CT molecular complexity index is 624. The van der Waals surface area contributed by atoms with Crippen molar-refractivity contribution in [2.24, 2.45) is 4.99 Å². The summed E-state index contributed by atoms with van der Waals surface area (Å²) in [5.41, 5.74) is 1.73. The molecule has 0 bridgehead atoms. The molecule has 1 heterocycles. The molecule has 20 heavy (non-hydrogen) atoms. The smallest absolute Gasteiger partial charge is 0.343 e. The van der Waals surface area contributed by atoms with Crippen molar-refractivity contribution >= 4 is 17.8 Å². The number of carbonyl (C=O) groups excluding carboxylic acids is 1.